The first-order chi connectivity index (χ1) is 13.6. The Balaban J connectivity index is 1.49. The number of guanidine groups is 1. The van der Waals surface area contributed by atoms with Crippen LogP contribution in [0, 0.1) is 5.82 Å². The number of rotatable bonds is 8. The van der Waals surface area contributed by atoms with Crippen molar-refractivity contribution in [1.82, 2.24) is 20.6 Å². The molecule has 1 unspecified atom stereocenters. The van der Waals surface area contributed by atoms with Gasteiger partial charge in [-0.15, -0.1) is 0 Å². The zero-order valence-corrected chi connectivity index (χ0v) is 16.2. The van der Waals surface area contributed by atoms with E-state index in [1.807, 2.05) is 38.1 Å². The summed E-state index contributed by atoms with van der Waals surface area (Å²) in [6, 6.07) is 14.0. The lowest BCUT2D eigenvalue weighted by atomic mass is 10.3. The van der Waals surface area contributed by atoms with Crippen LogP contribution < -0.4 is 15.4 Å². The van der Waals surface area contributed by atoms with E-state index in [1.54, 1.807) is 12.1 Å². The lowest BCUT2D eigenvalue weighted by Crippen LogP contribution is -2.39. The molecule has 3 N–H and O–H groups in total. The Hall–Kier alpha value is -3.09. The number of aliphatic imine (C=N–C) groups is 1. The zero-order chi connectivity index (χ0) is 19.8. The summed E-state index contributed by atoms with van der Waals surface area (Å²) in [7, 11) is 0. The molecule has 0 bridgehead atoms. The SMILES string of the molecule is CCNC(=NCC(C)Oc1ccc(F)cc1)NCCc1nc2ccccc2[nH]1. The predicted octanol–water partition coefficient (Wildman–Crippen LogP) is 3.27. The van der Waals surface area contributed by atoms with E-state index in [-0.39, 0.29) is 11.9 Å². The van der Waals surface area contributed by atoms with Crippen LogP contribution in [-0.2, 0) is 6.42 Å². The maximum atomic E-state index is 13.0. The van der Waals surface area contributed by atoms with Gasteiger partial charge in [0.15, 0.2) is 5.96 Å². The summed E-state index contributed by atoms with van der Waals surface area (Å²) in [5.74, 6) is 2.03. The Labute approximate surface area is 164 Å². The standard InChI is InChI=1S/C21H26FN5O/c1-3-23-21(25-14-15(2)28-17-10-8-16(22)9-11-17)24-13-12-20-26-18-6-4-5-7-19(18)27-20/h4-11,15H,3,12-14H2,1-2H3,(H,26,27)(H2,23,24,25). The minimum absolute atomic E-state index is 0.128. The van der Waals surface area contributed by atoms with Gasteiger partial charge in [-0.05, 0) is 50.2 Å². The van der Waals surface area contributed by atoms with Gasteiger partial charge in [-0.1, -0.05) is 12.1 Å². The summed E-state index contributed by atoms with van der Waals surface area (Å²) in [6.07, 6.45) is 0.636. The number of benzene rings is 2. The Bertz CT molecular complexity index is 874. The minimum atomic E-state index is -0.277. The summed E-state index contributed by atoms with van der Waals surface area (Å²) < 4.78 is 18.7. The van der Waals surface area contributed by atoms with Gasteiger partial charge in [-0.3, -0.25) is 0 Å². The molecule has 0 radical (unpaired) electrons. The van der Waals surface area contributed by atoms with Crippen LogP contribution in [0.5, 0.6) is 5.75 Å². The van der Waals surface area contributed by atoms with E-state index in [4.69, 9.17) is 4.74 Å². The number of fused-ring (bicyclic) bond motifs is 1. The first-order valence-corrected chi connectivity index (χ1v) is 9.52. The predicted molar refractivity (Wildman–Crippen MR) is 110 cm³/mol. The molecule has 0 saturated carbocycles. The number of hydrogen-bond acceptors (Lipinski definition) is 3. The fourth-order valence-corrected chi connectivity index (χ4v) is 2.77. The van der Waals surface area contributed by atoms with Crippen LogP contribution in [0.4, 0.5) is 4.39 Å². The molecule has 1 heterocycles. The van der Waals surface area contributed by atoms with Gasteiger partial charge in [0.2, 0.25) is 0 Å². The largest absolute Gasteiger partial charge is 0.489 e. The highest BCUT2D eigenvalue weighted by Gasteiger charge is 2.06. The molecule has 0 aliphatic heterocycles. The fraction of sp³-hybridized carbons (Fsp3) is 0.333. The molecule has 28 heavy (non-hydrogen) atoms. The van der Waals surface area contributed by atoms with Crippen molar-refractivity contribution in [3.63, 3.8) is 0 Å². The highest BCUT2D eigenvalue weighted by atomic mass is 19.1. The summed E-state index contributed by atoms with van der Waals surface area (Å²) in [6.45, 7) is 5.92. The van der Waals surface area contributed by atoms with E-state index in [9.17, 15) is 4.39 Å². The van der Waals surface area contributed by atoms with Gasteiger partial charge in [0.1, 0.15) is 23.5 Å². The van der Waals surface area contributed by atoms with E-state index in [1.165, 1.54) is 12.1 Å². The van der Waals surface area contributed by atoms with Gasteiger partial charge in [0, 0.05) is 19.5 Å². The molecule has 0 aliphatic carbocycles. The molecule has 2 aromatic carbocycles. The number of nitrogens with one attached hydrogen (secondary N) is 3. The van der Waals surface area contributed by atoms with Crippen molar-refractivity contribution in [3.05, 3.63) is 60.2 Å². The van der Waals surface area contributed by atoms with Crippen molar-refractivity contribution in [2.75, 3.05) is 19.6 Å². The molecule has 0 fully saturated rings. The first-order valence-electron chi connectivity index (χ1n) is 9.52. The summed E-state index contributed by atoms with van der Waals surface area (Å²) in [4.78, 5) is 12.5. The Kier molecular flexibility index (Phi) is 6.84. The number of hydrogen-bond donors (Lipinski definition) is 3. The van der Waals surface area contributed by atoms with Crippen molar-refractivity contribution >= 4 is 17.0 Å². The van der Waals surface area contributed by atoms with Crippen molar-refractivity contribution in [2.24, 2.45) is 4.99 Å². The fourth-order valence-electron chi connectivity index (χ4n) is 2.77. The van der Waals surface area contributed by atoms with Gasteiger partial charge in [0.25, 0.3) is 0 Å². The summed E-state index contributed by atoms with van der Waals surface area (Å²) in [5.41, 5.74) is 2.02. The average Bonchev–Trinajstić information content (AvgIpc) is 3.11. The van der Waals surface area contributed by atoms with E-state index < -0.39 is 0 Å². The van der Waals surface area contributed by atoms with E-state index in [0.717, 1.165) is 35.8 Å². The number of aromatic amines is 1. The molecule has 0 saturated heterocycles. The lowest BCUT2D eigenvalue weighted by Gasteiger charge is -2.15. The number of imidazole rings is 1. The van der Waals surface area contributed by atoms with Crippen LogP contribution in [-0.4, -0.2) is 41.7 Å². The molecule has 1 atom stereocenters. The summed E-state index contributed by atoms with van der Waals surface area (Å²) in [5, 5.41) is 6.54. The molecule has 148 valence electrons. The molecule has 6 nitrogen and oxygen atoms in total. The normalized spacial score (nSPS) is 12.8. The lowest BCUT2D eigenvalue weighted by molar-refractivity contribution is 0.230. The van der Waals surface area contributed by atoms with Crippen molar-refractivity contribution in [2.45, 2.75) is 26.4 Å². The molecule has 7 heteroatoms. The quantitative estimate of drug-likeness (QED) is 0.412. The van der Waals surface area contributed by atoms with Gasteiger partial charge in [-0.2, -0.15) is 0 Å². The number of nitrogens with zero attached hydrogens (tertiary/aromatic N) is 2. The van der Waals surface area contributed by atoms with E-state index >= 15 is 0 Å². The van der Waals surface area contributed by atoms with Gasteiger partial charge in [0.05, 0.1) is 17.6 Å². The summed E-state index contributed by atoms with van der Waals surface area (Å²) >= 11 is 0. The minimum Gasteiger partial charge on any atom is -0.489 e. The second-order valence-electron chi connectivity index (χ2n) is 6.48. The molecular formula is C21H26FN5O. The van der Waals surface area contributed by atoms with Gasteiger partial charge in [-0.25, -0.2) is 14.4 Å². The maximum Gasteiger partial charge on any atom is 0.191 e. The van der Waals surface area contributed by atoms with Crippen LogP contribution in [0.2, 0.25) is 0 Å². The van der Waals surface area contributed by atoms with Crippen molar-refractivity contribution < 1.29 is 9.13 Å². The molecule has 0 aliphatic rings. The highest BCUT2D eigenvalue weighted by molar-refractivity contribution is 5.79. The second kappa shape index (κ2) is 9.73. The molecule has 0 spiro atoms. The first kappa shape index (κ1) is 19.7. The maximum absolute atomic E-state index is 13.0. The number of H-pyrrole nitrogens is 1. The molecule has 3 rings (SSSR count). The third kappa shape index (κ3) is 5.70. The highest BCUT2D eigenvalue weighted by Crippen LogP contribution is 2.13. The monoisotopic (exact) mass is 383 g/mol. The van der Waals surface area contributed by atoms with Crippen molar-refractivity contribution in [1.29, 1.82) is 0 Å². The third-order valence-corrected chi connectivity index (χ3v) is 4.09. The molecule has 0 amide bonds. The Morgan fingerprint density at radius 1 is 1.18 bits per heavy atom. The topological polar surface area (TPSA) is 74.3 Å². The van der Waals surface area contributed by atoms with Crippen LogP contribution in [0.15, 0.2) is 53.5 Å². The van der Waals surface area contributed by atoms with E-state index in [2.05, 4.69) is 25.6 Å². The Morgan fingerprint density at radius 3 is 2.71 bits per heavy atom. The number of aromatic nitrogens is 2. The van der Waals surface area contributed by atoms with E-state index in [0.29, 0.717) is 18.8 Å². The number of halogens is 1. The molecule has 3 aromatic rings. The van der Waals surface area contributed by atoms with Crippen LogP contribution in [0.25, 0.3) is 11.0 Å². The third-order valence-electron chi connectivity index (χ3n) is 4.09. The smallest absolute Gasteiger partial charge is 0.191 e. The van der Waals surface area contributed by atoms with Crippen molar-refractivity contribution in [3.8, 4) is 5.75 Å². The number of para-hydroxylation sites is 2. The molecular weight excluding hydrogens is 357 g/mol. The van der Waals surface area contributed by atoms with Gasteiger partial charge < -0.3 is 20.4 Å². The molecule has 1 aromatic heterocycles. The second-order valence-corrected chi connectivity index (χ2v) is 6.48. The Morgan fingerprint density at radius 2 is 1.96 bits per heavy atom. The van der Waals surface area contributed by atoms with Crippen LogP contribution in [0.1, 0.15) is 19.7 Å². The average molecular weight is 383 g/mol. The van der Waals surface area contributed by atoms with Gasteiger partial charge >= 0.3 is 0 Å². The number of ether oxygens (including phenoxy) is 1. The van der Waals surface area contributed by atoms with Crippen LogP contribution >= 0.6 is 0 Å². The van der Waals surface area contributed by atoms with Crippen LogP contribution in [0.3, 0.4) is 0 Å². The zero-order valence-electron chi connectivity index (χ0n) is 16.2.